The fourth-order valence-electron chi connectivity index (χ4n) is 3.34. The second-order valence-corrected chi connectivity index (χ2v) is 7.98. The molecule has 25 heavy (non-hydrogen) atoms. The van der Waals surface area contributed by atoms with E-state index in [0.717, 1.165) is 40.4 Å². The third kappa shape index (κ3) is 3.24. The molecular weight excluding hydrogens is 332 g/mol. The summed E-state index contributed by atoms with van der Waals surface area (Å²) < 4.78 is 0. The molecule has 6 heteroatoms. The van der Waals surface area contributed by atoms with E-state index in [2.05, 4.69) is 17.2 Å². The van der Waals surface area contributed by atoms with Gasteiger partial charge in [0.2, 0.25) is 0 Å². The van der Waals surface area contributed by atoms with Crippen molar-refractivity contribution < 1.29 is 5.11 Å². The van der Waals surface area contributed by atoms with Crippen LogP contribution in [0.15, 0.2) is 24.5 Å². The van der Waals surface area contributed by atoms with Crippen LogP contribution in [-0.4, -0.2) is 32.7 Å². The Bertz CT molecular complexity index is 891. The van der Waals surface area contributed by atoms with Crippen LogP contribution in [0.3, 0.4) is 0 Å². The Hall–Kier alpha value is -2.05. The molecule has 0 bridgehead atoms. The number of aliphatic hydroxyl groups excluding tert-OH is 1. The van der Waals surface area contributed by atoms with Gasteiger partial charge in [0.1, 0.15) is 10.6 Å². The van der Waals surface area contributed by atoms with Crippen molar-refractivity contribution in [3.8, 4) is 11.4 Å². The number of hydrogen-bond acceptors (Lipinski definition) is 6. The maximum atomic E-state index is 9.68. The predicted octanol–water partition coefficient (Wildman–Crippen LogP) is 3.67. The maximum absolute atomic E-state index is 9.68. The van der Waals surface area contributed by atoms with E-state index in [-0.39, 0.29) is 0 Å². The van der Waals surface area contributed by atoms with E-state index >= 15 is 0 Å². The summed E-state index contributed by atoms with van der Waals surface area (Å²) in [7, 11) is 0. The minimum absolute atomic E-state index is 0.429. The molecule has 3 heterocycles. The third-order valence-electron chi connectivity index (χ3n) is 4.64. The van der Waals surface area contributed by atoms with Crippen LogP contribution in [-0.2, 0) is 12.8 Å². The lowest BCUT2D eigenvalue weighted by atomic mass is 9.89. The fraction of sp³-hybridized carbons (Fsp3) is 0.421. The number of aryl methyl sites for hydroxylation is 1. The van der Waals surface area contributed by atoms with Gasteiger partial charge in [-0.2, -0.15) is 0 Å². The monoisotopic (exact) mass is 354 g/mol. The van der Waals surface area contributed by atoms with Crippen molar-refractivity contribution in [1.82, 2.24) is 15.0 Å². The van der Waals surface area contributed by atoms with E-state index < -0.39 is 6.10 Å². The molecular formula is C19H22N4OS. The summed E-state index contributed by atoms with van der Waals surface area (Å²) in [4.78, 5) is 16.3. The van der Waals surface area contributed by atoms with Crippen molar-refractivity contribution in [1.29, 1.82) is 0 Å². The van der Waals surface area contributed by atoms with Gasteiger partial charge in [0, 0.05) is 29.4 Å². The Kier molecular flexibility index (Phi) is 4.39. The Morgan fingerprint density at radius 3 is 3.04 bits per heavy atom. The number of fused-ring (bicyclic) bond motifs is 3. The topological polar surface area (TPSA) is 70.9 Å². The van der Waals surface area contributed by atoms with Crippen LogP contribution in [0.25, 0.3) is 21.6 Å². The van der Waals surface area contributed by atoms with Crippen molar-refractivity contribution >= 4 is 27.4 Å². The van der Waals surface area contributed by atoms with Gasteiger partial charge in [-0.25, -0.2) is 9.97 Å². The highest BCUT2D eigenvalue weighted by Gasteiger charge is 2.24. The molecule has 5 nitrogen and oxygen atoms in total. The first-order chi connectivity index (χ1) is 12.1. The molecule has 0 aliphatic heterocycles. The lowest BCUT2D eigenvalue weighted by molar-refractivity contribution is 0.208. The van der Waals surface area contributed by atoms with E-state index in [1.807, 2.05) is 12.1 Å². The number of thiophene rings is 1. The van der Waals surface area contributed by atoms with Crippen LogP contribution in [0, 0.1) is 5.92 Å². The molecule has 0 saturated heterocycles. The lowest BCUT2D eigenvalue weighted by Gasteiger charge is -2.18. The first-order valence-electron chi connectivity index (χ1n) is 8.76. The molecule has 0 aromatic carbocycles. The van der Waals surface area contributed by atoms with Crippen molar-refractivity contribution in [2.75, 3.05) is 11.9 Å². The summed E-state index contributed by atoms with van der Waals surface area (Å²) in [5, 5.41) is 14.2. The molecule has 3 aromatic heterocycles. The number of nitrogens with zero attached hydrogens (tertiary/aromatic N) is 3. The summed E-state index contributed by atoms with van der Waals surface area (Å²) in [5.74, 6) is 2.23. The van der Waals surface area contributed by atoms with Crippen LogP contribution >= 0.6 is 11.3 Å². The summed E-state index contributed by atoms with van der Waals surface area (Å²) in [6.07, 6.45) is 6.51. The Balaban J connectivity index is 1.87. The van der Waals surface area contributed by atoms with Gasteiger partial charge in [0.05, 0.1) is 11.5 Å². The van der Waals surface area contributed by atoms with Crippen molar-refractivity contribution in [2.45, 2.75) is 39.2 Å². The first-order valence-corrected chi connectivity index (χ1v) is 9.58. The number of aromatic nitrogens is 3. The van der Waals surface area contributed by atoms with Crippen LogP contribution in [0.1, 0.15) is 30.7 Å². The second kappa shape index (κ2) is 6.69. The van der Waals surface area contributed by atoms with Gasteiger partial charge in [0.15, 0.2) is 5.82 Å². The molecule has 0 unspecified atom stereocenters. The number of aliphatic hydroxyl groups is 1. The second-order valence-electron chi connectivity index (χ2n) is 6.90. The Labute approximate surface area is 151 Å². The largest absolute Gasteiger partial charge is 0.392 e. The molecule has 0 fully saturated rings. The molecule has 4 rings (SSSR count). The van der Waals surface area contributed by atoms with Crippen LogP contribution in [0.4, 0.5) is 5.82 Å². The van der Waals surface area contributed by atoms with Crippen LogP contribution < -0.4 is 5.32 Å². The average Bonchev–Trinajstić information content (AvgIpc) is 2.97. The zero-order valence-corrected chi connectivity index (χ0v) is 15.3. The van der Waals surface area contributed by atoms with E-state index in [9.17, 15) is 5.11 Å². The summed E-state index contributed by atoms with van der Waals surface area (Å²) in [5.41, 5.74) is 2.30. The van der Waals surface area contributed by atoms with Gasteiger partial charge in [-0.1, -0.05) is 6.92 Å². The van der Waals surface area contributed by atoms with Crippen molar-refractivity contribution in [3.05, 3.63) is 35.0 Å². The lowest BCUT2D eigenvalue weighted by Crippen LogP contribution is -2.17. The Morgan fingerprint density at radius 1 is 1.40 bits per heavy atom. The molecule has 0 spiro atoms. The van der Waals surface area contributed by atoms with Gasteiger partial charge in [-0.05, 0) is 49.8 Å². The van der Waals surface area contributed by atoms with Gasteiger partial charge < -0.3 is 10.4 Å². The van der Waals surface area contributed by atoms with Gasteiger partial charge >= 0.3 is 0 Å². The Morgan fingerprint density at radius 2 is 2.28 bits per heavy atom. The smallest absolute Gasteiger partial charge is 0.164 e. The van der Waals surface area contributed by atoms with E-state index in [4.69, 9.17) is 9.97 Å². The molecule has 1 aliphatic carbocycles. The van der Waals surface area contributed by atoms with Gasteiger partial charge in [-0.15, -0.1) is 11.3 Å². The summed E-state index contributed by atoms with van der Waals surface area (Å²) in [6.45, 7) is 4.56. The predicted molar refractivity (Wildman–Crippen MR) is 102 cm³/mol. The number of pyridine rings is 1. The molecule has 0 amide bonds. The maximum Gasteiger partial charge on any atom is 0.164 e. The van der Waals surface area contributed by atoms with Gasteiger partial charge in [-0.3, -0.25) is 4.98 Å². The fourth-order valence-corrected chi connectivity index (χ4v) is 4.72. The highest BCUT2D eigenvalue weighted by molar-refractivity contribution is 7.19. The van der Waals surface area contributed by atoms with Crippen LogP contribution in [0.5, 0.6) is 0 Å². The molecule has 2 N–H and O–H groups in total. The molecule has 0 radical (unpaired) electrons. The number of hydrogen-bond donors (Lipinski definition) is 2. The molecule has 3 aromatic rings. The van der Waals surface area contributed by atoms with Gasteiger partial charge in [0.25, 0.3) is 0 Å². The average molecular weight is 354 g/mol. The molecule has 130 valence electrons. The van der Waals surface area contributed by atoms with E-state index in [0.29, 0.717) is 12.4 Å². The van der Waals surface area contributed by atoms with Crippen molar-refractivity contribution in [3.63, 3.8) is 0 Å². The van der Waals surface area contributed by atoms with E-state index in [1.54, 1.807) is 30.7 Å². The minimum atomic E-state index is -0.429. The zero-order chi connectivity index (χ0) is 17.4. The van der Waals surface area contributed by atoms with Crippen LogP contribution in [0.2, 0.25) is 0 Å². The summed E-state index contributed by atoms with van der Waals surface area (Å²) in [6, 6.07) is 3.87. The minimum Gasteiger partial charge on any atom is -0.392 e. The third-order valence-corrected chi connectivity index (χ3v) is 5.79. The standard InChI is InChI=1S/C19H22N4OS/c1-11-5-6-14-15(8-11)25-19-16(14)18(21-9-12(2)24)22-17(23-19)13-4-3-7-20-10-13/h3-4,7,10-12,24H,5-6,8-9H2,1-2H3,(H,21,22,23)/t11-,12+/m1/s1. The van der Waals surface area contributed by atoms with E-state index in [1.165, 1.54) is 16.9 Å². The highest BCUT2D eigenvalue weighted by Crippen LogP contribution is 2.40. The van der Waals surface area contributed by atoms with Crippen molar-refractivity contribution in [2.24, 2.45) is 5.92 Å². The number of nitrogens with one attached hydrogen (secondary N) is 1. The normalized spacial score (nSPS) is 18.1. The quantitative estimate of drug-likeness (QED) is 0.748. The zero-order valence-electron chi connectivity index (χ0n) is 14.5. The highest BCUT2D eigenvalue weighted by atomic mass is 32.1. The molecule has 2 atom stereocenters. The summed E-state index contributed by atoms with van der Waals surface area (Å²) >= 11 is 1.79. The number of anilines is 1. The molecule has 0 saturated carbocycles. The SMILES string of the molecule is C[C@@H]1CCc2c(sc3nc(-c4cccnc4)nc(NC[C@H](C)O)c23)C1. The molecule has 1 aliphatic rings. The number of rotatable bonds is 4. The first kappa shape index (κ1) is 16.4.